The first-order valence-corrected chi connectivity index (χ1v) is 7.05. The highest BCUT2D eigenvalue weighted by Gasteiger charge is 2.35. The summed E-state index contributed by atoms with van der Waals surface area (Å²) in [6.45, 7) is 2.15. The van der Waals surface area contributed by atoms with Crippen molar-refractivity contribution in [3.05, 3.63) is 65.2 Å². The van der Waals surface area contributed by atoms with Gasteiger partial charge < -0.3 is 0 Å². The molecule has 5 heteroatoms. The van der Waals surface area contributed by atoms with E-state index < -0.39 is 0 Å². The van der Waals surface area contributed by atoms with Crippen molar-refractivity contribution in [3.63, 3.8) is 0 Å². The van der Waals surface area contributed by atoms with Crippen molar-refractivity contribution in [1.29, 1.82) is 0 Å². The number of carbonyl (C=O) groups is 2. The molecule has 0 radical (unpaired) electrons. The van der Waals surface area contributed by atoms with Gasteiger partial charge in [0.25, 0.3) is 11.8 Å². The fourth-order valence-corrected chi connectivity index (χ4v) is 2.44. The fraction of sp³-hybridized carbons (Fsp3) is 0.118. The average Bonchev–Trinajstić information content (AvgIpc) is 2.80. The van der Waals surface area contributed by atoms with Gasteiger partial charge in [-0.25, -0.2) is 0 Å². The number of anilines is 1. The Hall–Kier alpha value is -2.95. The molecule has 0 unspecified atom stereocenters. The van der Waals surface area contributed by atoms with E-state index in [1.807, 2.05) is 30.3 Å². The number of nitrogens with one attached hydrogen (secondary N) is 1. The molecular formula is C17H15N3O2. The number of amides is 2. The van der Waals surface area contributed by atoms with Gasteiger partial charge in [-0.1, -0.05) is 30.3 Å². The van der Waals surface area contributed by atoms with Gasteiger partial charge in [-0.15, -0.1) is 0 Å². The van der Waals surface area contributed by atoms with Gasteiger partial charge in [0.05, 0.1) is 23.0 Å². The Morgan fingerprint density at radius 3 is 2.55 bits per heavy atom. The SMILES string of the molecule is CCN1C(=O)c2cccc(/C=N/Nc3ccccc3)c2C1=O. The number of carbonyl (C=O) groups excluding carboxylic acids is 2. The molecule has 0 saturated carbocycles. The zero-order valence-electron chi connectivity index (χ0n) is 12.1. The van der Waals surface area contributed by atoms with Crippen molar-refractivity contribution >= 4 is 23.7 Å². The smallest absolute Gasteiger partial charge is 0.262 e. The highest BCUT2D eigenvalue weighted by atomic mass is 16.2. The van der Waals surface area contributed by atoms with Crippen LogP contribution in [0.3, 0.4) is 0 Å². The number of imide groups is 1. The number of para-hydroxylation sites is 1. The summed E-state index contributed by atoms with van der Waals surface area (Å²) in [4.78, 5) is 25.7. The van der Waals surface area contributed by atoms with E-state index in [0.29, 0.717) is 23.2 Å². The van der Waals surface area contributed by atoms with Crippen LogP contribution >= 0.6 is 0 Å². The molecule has 0 spiro atoms. The lowest BCUT2D eigenvalue weighted by atomic mass is 10.0. The molecular weight excluding hydrogens is 278 g/mol. The molecule has 22 heavy (non-hydrogen) atoms. The lowest BCUT2D eigenvalue weighted by Crippen LogP contribution is -2.29. The highest BCUT2D eigenvalue weighted by molar-refractivity contribution is 6.23. The monoisotopic (exact) mass is 293 g/mol. The highest BCUT2D eigenvalue weighted by Crippen LogP contribution is 2.25. The molecule has 1 N–H and O–H groups in total. The summed E-state index contributed by atoms with van der Waals surface area (Å²) in [5, 5.41) is 4.14. The molecule has 0 fully saturated rings. The molecule has 5 nitrogen and oxygen atoms in total. The Balaban J connectivity index is 1.88. The van der Waals surface area contributed by atoms with Crippen molar-refractivity contribution in [1.82, 2.24) is 4.90 Å². The number of rotatable bonds is 4. The molecule has 1 heterocycles. The Kier molecular flexibility index (Phi) is 3.70. The van der Waals surface area contributed by atoms with Crippen LogP contribution in [0.5, 0.6) is 0 Å². The van der Waals surface area contributed by atoms with Crippen molar-refractivity contribution in [2.24, 2.45) is 5.10 Å². The van der Waals surface area contributed by atoms with E-state index >= 15 is 0 Å². The first kappa shape index (κ1) is 14.0. The van der Waals surface area contributed by atoms with Crippen LogP contribution in [0.25, 0.3) is 0 Å². The largest absolute Gasteiger partial charge is 0.279 e. The third-order valence-corrected chi connectivity index (χ3v) is 3.52. The van der Waals surface area contributed by atoms with Crippen LogP contribution in [0, 0.1) is 0 Å². The lowest BCUT2D eigenvalue weighted by molar-refractivity contribution is 0.0663. The van der Waals surface area contributed by atoms with Gasteiger partial charge >= 0.3 is 0 Å². The Labute approximate surface area is 128 Å². The maximum Gasteiger partial charge on any atom is 0.262 e. The number of hydrogen-bond acceptors (Lipinski definition) is 4. The topological polar surface area (TPSA) is 61.8 Å². The lowest BCUT2D eigenvalue weighted by Gasteiger charge is -2.09. The first-order chi connectivity index (χ1) is 10.7. The van der Waals surface area contributed by atoms with Crippen LogP contribution in [0.1, 0.15) is 33.2 Å². The van der Waals surface area contributed by atoms with Crippen LogP contribution in [-0.2, 0) is 0 Å². The summed E-state index contributed by atoms with van der Waals surface area (Å²) in [6.07, 6.45) is 1.57. The Morgan fingerprint density at radius 2 is 1.82 bits per heavy atom. The van der Waals surface area contributed by atoms with Crippen LogP contribution in [-0.4, -0.2) is 29.5 Å². The van der Waals surface area contributed by atoms with Gasteiger partial charge in [0.1, 0.15) is 0 Å². The normalized spacial score (nSPS) is 13.8. The first-order valence-electron chi connectivity index (χ1n) is 7.05. The van der Waals surface area contributed by atoms with Crippen molar-refractivity contribution in [2.45, 2.75) is 6.92 Å². The van der Waals surface area contributed by atoms with E-state index in [2.05, 4.69) is 10.5 Å². The summed E-state index contributed by atoms with van der Waals surface area (Å²) in [7, 11) is 0. The van der Waals surface area contributed by atoms with Gasteiger partial charge in [-0.2, -0.15) is 5.10 Å². The zero-order valence-corrected chi connectivity index (χ0v) is 12.1. The molecule has 2 amide bonds. The van der Waals surface area contributed by atoms with E-state index in [-0.39, 0.29) is 11.8 Å². The minimum atomic E-state index is -0.260. The molecule has 0 atom stereocenters. The van der Waals surface area contributed by atoms with E-state index in [1.165, 1.54) is 4.90 Å². The minimum Gasteiger partial charge on any atom is -0.279 e. The van der Waals surface area contributed by atoms with Gasteiger partial charge in [0, 0.05) is 12.1 Å². The number of fused-ring (bicyclic) bond motifs is 1. The summed E-state index contributed by atoms with van der Waals surface area (Å²) in [6, 6.07) is 14.7. The molecule has 110 valence electrons. The Morgan fingerprint density at radius 1 is 1.05 bits per heavy atom. The Bertz CT molecular complexity index is 754. The minimum absolute atomic E-state index is 0.242. The van der Waals surface area contributed by atoms with Gasteiger partial charge in [0.2, 0.25) is 0 Å². The van der Waals surface area contributed by atoms with Gasteiger partial charge in [0.15, 0.2) is 0 Å². The number of benzene rings is 2. The molecule has 2 aromatic carbocycles. The predicted octanol–water partition coefficient (Wildman–Crippen LogP) is 2.75. The van der Waals surface area contributed by atoms with Crippen LogP contribution in [0.15, 0.2) is 53.6 Å². The van der Waals surface area contributed by atoms with E-state index in [0.717, 1.165) is 5.69 Å². The second-order valence-corrected chi connectivity index (χ2v) is 4.86. The third kappa shape index (κ3) is 2.37. The summed E-state index contributed by atoms with van der Waals surface area (Å²) in [5.74, 6) is -0.502. The quantitative estimate of drug-likeness (QED) is 0.535. The molecule has 1 aliphatic rings. The maximum absolute atomic E-state index is 12.3. The van der Waals surface area contributed by atoms with Gasteiger partial charge in [-0.3, -0.25) is 19.9 Å². The van der Waals surface area contributed by atoms with E-state index in [4.69, 9.17) is 0 Å². The molecule has 0 saturated heterocycles. The number of nitrogens with zero attached hydrogens (tertiary/aromatic N) is 2. The van der Waals surface area contributed by atoms with E-state index in [1.54, 1.807) is 31.3 Å². The number of hydrogen-bond donors (Lipinski definition) is 1. The van der Waals surface area contributed by atoms with E-state index in [9.17, 15) is 9.59 Å². The summed E-state index contributed by atoms with van der Waals surface area (Å²) >= 11 is 0. The summed E-state index contributed by atoms with van der Waals surface area (Å²) in [5.41, 5.74) is 5.24. The van der Waals surface area contributed by atoms with Crippen molar-refractivity contribution in [2.75, 3.05) is 12.0 Å². The summed E-state index contributed by atoms with van der Waals surface area (Å²) < 4.78 is 0. The second-order valence-electron chi connectivity index (χ2n) is 4.86. The van der Waals surface area contributed by atoms with Crippen LogP contribution in [0.2, 0.25) is 0 Å². The zero-order chi connectivity index (χ0) is 15.5. The molecule has 0 bridgehead atoms. The van der Waals surface area contributed by atoms with Crippen molar-refractivity contribution < 1.29 is 9.59 Å². The molecule has 0 aromatic heterocycles. The van der Waals surface area contributed by atoms with Crippen LogP contribution < -0.4 is 5.43 Å². The second kappa shape index (κ2) is 5.81. The number of hydrazone groups is 1. The molecule has 0 aliphatic carbocycles. The fourth-order valence-electron chi connectivity index (χ4n) is 2.44. The molecule has 2 aromatic rings. The maximum atomic E-state index is 12.3. The standard InChI is InChI=1S/C17H15N3O2/c1-2-20-16(21)14-10-6-7-12(15(14)17(20)22)11-18-19-13-8-4-3-5-9-13/h3-11,19H,2H2,1H3/b18-11+. The van der Waals surface area contributed by atoms with Gasteiger partial charge in [-0.05, 0) is 25.1 Å². The molecule has 1 aliphatic heterocycles. The van der Waals surface area contributed by atoms with Crippen molar-refractivity contribution in [3.8, 4) is 0 Å². The average molecular weight is 293 g/mol. The predicted molar refractivity (Wildman–Crippen MR) is 85.1 cm³/mol. The van der Waals surface area contributed by atoms with Crippen LogP contribution in [0.4, 0.5) is 5.69 Å². The third-order valence-electron chi connectivity index (χ3n) is 3.52. The molecule has 3 rings (SSSR count).